The maximum atomic E-state index is 13.5. The summed E-state index contributed by atoms with van der Waals surface area (Å²) in [6, 6.07) is 24.3. The third-order valence-electron chi connectivity index (χ3n) is 6.72. The van der Waals surface area contributed by atoms with Gasteiger partial charge in [-0.25, -0.2) is 13.8 Å². The van der Waals surface area contributed by atoms with Crippen molar-refractivity contribution >= 4 is 38.1 Å². The predicted molar refractivity (Wildman–Crippen MR) is 164 cm³/mol. The second-order valence-corrected chi connectivity index (χ2v) is 12.6. The lowest BCUT2D eigenvalue weighted by Gasteiger charge is -2.21. The number of benzene rings is 3. The van der Waals surface area contributed by atoms with Gasteiger partial charge in [-0.1, -0.05) is 64.0 Å². The maximum absolute atomic E-state index is 13.5. The first kappa shape index (κ1) is 29.5. The number of carbonyl (C=O) groups excluding carboxylic acids is 1. The van der Waals surface area contributed by atoms with E-state index in [4.69, 9.17) is 0 Å². The minimum Gasteiger partial charge on any atom is -0.318 e. The molecule has 40 heavy (non-hydrogen) atoms. The van der Waals surface area contributed by atoms with E-state index in [-0.39, 0.29) is 18.0 Å². The molecule has 4 rings (SSSR count). The molecular weight excluding hydrogens is 588 g/mol. The molecule has 0 aliphatic heterocycles. The lowest BCUT2D eigenvalue weighted by Crippen LogP contribution is -2.40. The monoisotopic (exact) mass is 620 g/mol. The highest BCUT2D eigenvalue weighted by Crippen LogP contribution is 2.23. The summed E-state index contributed by atoms with van der Waals surface area (Å²) in [5.41, 5.74) is 9.86. The van der Waals surface area contributed by atoms with Crippen molar-refractivity contribution in [3.63, 3.8) is 0 Å². The van der Waals surface area contributed by atoms with E-state index < -0.39 is 15.9 Å². The van der Waals surface area contributed by atoms with E-state index in [1.807, 2.05) is 50.2 Å². The number of halogens is 1. The lowest BCUT2D eigenvalue weighted by atomic mass is 10.1. The third-order valence-corrected chi connectivity index (χ3v) is 9.11. The number of carbonyl (C=O) groups is 1. The fourth-order valence-corrected chi connectivity index (χ4v) is 6.31. The van der Waals surface area contributed by atoms with Crippen molar-refractivity contribution in [1.29, 1.82) is 0 Å². The fourth-order valence-electron chi connectivity index (χ4n) is 4.65. The van der Waals surface area contributed by atoms with Gasteiger partial charge in [-0.2, -0.15) is 9.41 Å². The van der Waals surface area contributed by atoms with E-state index in [1.165, 1.54) is 27.6 Å². The number of aryl methyl sites for hydroxylation is 3. The molecule has 0 radical (unpaired) electrons. The van der Waals surface area contributed by atoms with Crippen LogP contribution < -0.4 is 5.43 Å². The SMILES string of the molecule is Cc1ccc(-n2c(C)cc(/C=N/NC(=O)CN(CCc3ccccc3)S(=O)(=O)c3ccc(Br)cc3)c2C)c(C)c1. The molecule has 0 spiro atoms. The molecular formula is C31H33BrN4O3S. The minimum atomic E-state index is -3.91. The first-order chi connectivity index (χ1) is 19.1. The second-order valence-electron chi connectivity index (χ2n) is 9.77. The van der Waals surface area contributed by atoms with Gasteiger partial charge in [-0.3, -0.25) is 4.79 Å². The number of hydrogen-bond acceptors (Lipinski definition) is 4. The van der Waals surface area contributed by atoms with Crippen molar-refractivity contribution in [3.8, 4) is 5.69 Å². The number of nitrogens with zero attached hydrogens (tertiary/aromatic N) is 3. The largest absolute Gasteiger partial charge is 0.318 e. The number of amides is 1. The van der Waals surface area contributed by atoms with Crippen LogP contribution in [0.15, 0.2) is 93.3 Å². The normalized spacial score (nSPS) is 11.8. The summed E-state index contributed by atoms with van der Waals surface area (Å²) in [7, 11) is -3.91. The summed E-state index contributed by atoms with van der Waals surface area (Å²) in [6.07, 6.45) is 2.06. The van der Waals surface area contributed by atoms with Crippen molar-refractivity contribution in [2.24, 2.45) is 5.10 Å². The number of aromatic nitrogens is 1. The molecule has 1 heterocycles. The van der Waals surface area contributed by atoms with Gasteiger partial charge in [0.05, 0.1) is 17.7 Å². The summed E-state index contributed by atoms with van der Waals surface area (Å²) in [6.45, 7) is 7.98. The van der Waals surface area contributed by atoms with Gasteiger partial charge in [0, 0.05) is 33.7 Å². The molecule has 0 bridgehead atoms. The zero-order chi connectivity index (χ0) is 28.9. The van der Waals surface area contributed by atoms with E-state index in [9.17, 15) is 13.2 Å². The molecule has 0 saturated carbocycles. The molecule has 0 saturated heterocycles. The lowest BCUT2D eigenvalue weighted by molar-refractivity contribution is -0.121. The average molecular weight is 622 g/mol. The van der Waals surface area contributed by atoms with Crippen LogP contribution in [-0.2, 0) is 21.2 Å². The zero-order valence-electron chi connectivity index (χ0n) is 23.1. The van der Waals surface area contributed by atoms with Gasteiger partial charge < -0.3 is 4.57 Å². The molecule has 3 aromatic carbocycles. The number of nitrogens with one attached hydrogen (secondary N) is 1. The summed E-state index contributed by atoms with van der Waals surface area (Å²) < 4.78 is 31.0. The summed E-state index contributed by atoms with van der Waals surface area (Å²) in [4.78, 5) is 13.0. The van der Waals surface area contributed by atoms with Crippen molar-refractivity contribution < 1.29 is 13.2 Å². The smallest absolute Gasteiger partial charge is 0.255 e. The van der Waals surface area contributed by atoms with Crippen LogP contribution in [-0.4, -0.2) is 42.5 Å². The fraction of sp³-hybridized carbons (Fsp3) is 0.226. The van der Waals surface area contributed by atoms with Gasteiger partial charge >= 0.3 is 0 Å². The molecule has 208 valence electrons. The Morgan fingerprint density at radius 1 is 0.975 bits per heavy atom. The molecule has 1 N–H and O–H groups in total. The van der Waals surface area contributed by atoms with Gasteiger partial charge in [0.2, 0.25) is 10.0 Å². The van der Waals surface area contributed by atoms with Gasteiger partial charge in [-0.05, 0) is 81.6 Å². The molecule has 4 aromatic rings. The molecule has 0 atom stereocenters. The molecule has 1 amide bonds. The Hall–Kier alpha value is -3.53. The first-order valence-electron chi connectivity index (χ1n) is 12.9. The Bertz CT molecular complexity index is 1630. The van der Waals surface area contributed by atoms with Crippen LogP contribution >= 0.6 is 15.9 Å². The Kier molecular flexibility index (Phi) is 9.40. The van der Waals surface area contributed by atoms with Crippen LogP contribution in [0.25, 0.3) is 5.69 Å². The zero-order valence-corrected chi connectivity index (χ0v) is 25.5. The van der Waals surface area contributed by atoms with Crippen molar-refractivity contribution in [2.45, 2.75) is 39.0 Å². The second kappa shape index (κ2) is 12.8. The molecule has 0 aliphatic rings. The third kappa shape index (κ3) is 6.96. The van der Waals surface area contributed by atoms with Gasteiger partial charge in [0.25, 0.3) is 5.91 Å². The van der Waals surface area contributed by atoms with E-state index in [0.717, 1.165) is 32.7 Å². The number of sulfonamides is 1. The minimum absolute atomic E-state index is 0.124. The van der Waals surface area contributed by atoms with Crippen LogP contribution in [0, 0.1) is 27.7 Å². The van der Waals surface area contributed by atoms with Crippen LogP contribution in [0.3, 0.4) is 0 Å². The number of rotatable bonds is 10. The summed E-state index contributed by atoms with van der Waals surface area (Å²) in [5, 5.41) is 4.16. The van der Waals surface area contributed by atoms with Gasteiger partial charge in [-0.15, -0.1) is 0 Å². The number of hydrazone groups is 1. The Morgan fingerprint density at radius 2 is 1.68 bits per heavy atom. The topological polar surface area (TPSA) is 83.8 Å². The van der Waals surface area contributed by atoms with Gasteiger partial charge in [0.1, 0.15) is 0 Å². The highest BCUT2D eigenvalue weighted by Gasteiger charge is 2.26. The molecule has 1 aromatic heterocycles. The molecule has 0 fully saturated rings. The van der Waals surface area contributed by atoms with Gasteiger partial charge in [0.15, 0.2) is 0 Å². The van der Waals surface area contributed by atoms with E-state index in [1.54, 1.807) is 18.3 Å². The van der Waals surface area contributed by atoms with Crippen molar-refractivity contribution in [2.75, 3.05) is 13.1 Å². The first-order valence-corrected chi connectivity index (χ1v) is 15.2. The van der Waals surface area contributed by atoms with Crippen LogP contribution in [0.2, 0.25) is 0 Å². The predicted octanol–water partition coefficient (Wildman–Crippen LogP) is 5.86. The Labute approximate surface area is 244 Å². The highest BCUT2D eigenvalue weighted by atomic mass is 79.9. The molecule has 0 unspecified atom stereocenters. The standard InChI is InChI=1S/C31H33BrN4O3S/c1-22-10-15-30(23(2)18-22)36-24(3)19-27(25(36)4)20-33-34-31(37)21-35(17-16-26-8-6-5-7-9-26)40(38,39)29-13-11-28(32)12-14-29/h5-15,18-20H,16-17,21H2,1-4H3,(H,34,37)/b33-20+. The van der Waals surface area contributed by atoms with Crippen molar-refractivity contribution in [3.05, 3.63) is 117 Å². The summed E-state index contributed by atoms with van der Waals surface area (Å²) in [5.74, 6) is -0.520. The highest BCUT2D eigenvalue weighted by molar-refractivity contribution is 9.10. The van der Waals surface area contributed by atoms with E-state index in [0.29, 0.717) is 6.42 Å². The van der Waals surface area contributed by atoms with Crippen LogP contribution in [0.1, 0.15) is 33.6 Å². The molecule has 9 heteroatoms. The Morgan fingerprint density at radius 3 is 2.35 bits per heavy atom. The maximum Gasteiger partial charge on any atom is 0.255 e. The van der Waals surface area contributed by atoms with Crippen molar-refractivity contribution in [1.82, 2.24) is 14.3 Å². The Balaban J connectivity index is 1.50. The summed E-state index contributed by atoms with van der Waals surface area (Å²) >= 11 is 3.34. The average Bonchev–Trinajstić information content (AvgIpc) is 3.20. The van der Waals surface area contributed by atoms with E-state index >= 15 is 0 Å². The molecule has 0 aliphatic carbocycles. The quantitative estimate of drug-likeness (QED) is 0.178. The van der Waals surface area contributed by atoms with E-state index in [2.05, 4.69) is 63.1 Å². The van der Waals surface area contributed by atoms with Crippen LogP contribution in [0.4, 0.5) is 0 Å². The van der Waals surface area contributed by atoms with Crippen LogP contribution in [0.5, 0.6) is 0 Å². The number of hydrogen-bond donors (Lipinski definition) is 1. The molecule has 7 nitrogen and oxygen atoms in total.